The molecule has 0 atom stereocenters. The molecule has 0 aliphatic carbocycles. The van der Waals surface area contributed by atoms with E-state index >= 15 is 0 Å². The van der Waals surface area contributed by atoms with E-state index in [9.17, 15) is 9.59 Å². The molecule has 1 heterocycles. The second kappa shape index (κ2) is 5.71. The number of nitrogens with one attached hydrogen (secondary N) is 1. The number of nitrogens with zero attached hydrogens (tertiary/aromatic N) is 1. The van der Waals surface area contributed by atoms with E-state index in [0.29, 0.717) is 5.82 Å². The van der Waals surface area contributed by atoms with E-state index in [-0.39, 0.29) is 5.56 Å². The van der Waals surface area contributed by atoms with Crippen molar-refractivity contribution in [3.63, 3.8) is 0 Å². The number of hydrogen-bond donors (Lipinski definition) is 2. The van der Waals surface area contributed by atoms with E-state index in [1.165, 1.54) is 0 Å². The number of carboxylic acids is 1. The highest BCUT2D eigenvalue weighted by Crippen LogP contribution is 2.21. The Morgan fingerprint density at radius 1 is 1.37 bits per heavy atom. The van der Waals surface area contributed by atoms with Gasteiger partial charge in [-0.2, -0.15) is 0 Å². The molecule has 2 rings (SSSR count). The number of thioether (sulfide) groups is 1. The minimum atomic E-state index is -1.28. The quantitative estimate of drug-likeness (QED) is 0.837. The zero-order valence-electron chi connectivity index (χ0n) is 10.2. The van der Waals surface area contributed by atoms with Gasteiger partial charge in [-0.05, 0) is 17.9 Å². The summed E-state index contributed by atoms with van der Waals surface area (Å²) in [5, 5.41) is 8.76. The minimum Gasteiger partial charge on any atom is -0.477 e. The number of carbonyl (C=O) groups is 1. The lowest BCUT2D eigenvalue weighted by Gasteiger charge is -2.03. The molecule has 2 aromatic rings. The number of benzene rings is 1. The first kappa shape index (κ1) is 13.4. The van der Waals surface area contributed by atoms with Crippen LogP contribution in [0.1, 0.15) is 17.3 Å². The fraction of sp³-hybridized carbons (Fsp3) is 0.154. The van der Waals surface area contributed by atoms with E-state index in [2.05, 4.69) is 16.9 Å². The van der Waals surface area contributed by atoms with Crippen LogP contribution in [0.2, 0.25) is 0 Å². The van der Waals surface area contributed by atoms with E-state index in [0.717, 1.165) is 22.4 Å². The van der Waals surface area contributed by atoms with Crippen LogP contribution in [0.25, 0.3) is 11.4 Å². The van der Waals surface area contributed by atoms with Crippen LogP contribution in [0.15, 0.2) is 40.2 Å². The average Bonchev–Trinajstić information content (AvgIpc) is 2.39. The predicted molar refractivity (Wildman–Crippen MR) is 73.7 cm³/mol. The zero-order valence-corrected chi connectivity index (χ0v) is 11.0. The molecule has 0 amide bonds. The Bertz CT molecular complexity index is 650. The maximum Gasteiger partial charge on any atom is 0.342 e. The summed E-state index contributed by atoms with van der Waals surface area (Å²) in [5.74, 6) is 0.0694. The molecule has 1 aromatic heterocycles. The number of H-pyrrole nitrogens is 1. The standard InChI is InChI=1S/C13H12N2O3S/c1-2-19-9-5-3-8(4-6-9)11-14-7-10(13(17)18)12(16)15-11/h3-7H,2H2,1H3,(H,17,18)(H,14,15,16). The monoisotopic (exact) mass is 276 g/mol. The summed E-state index contributed by atoms with van der Waals surface area (Å²) in [5.41, 5.74) is -0.263. The zero-order chi connectivity index (χ0) is 13.8. The molecule has 2 N–H and O–H groups in total. The van der Waals surface area contributed by atoms with Crippen molar-refractivity contribution in [2.75, 3.05) is 5.75 Å². The third-order valence-corrected chi connectivity index (χ3v) is 3.36. The highest BCUT2D eigenvalue weighted by atomic mass is 32.2. The fourth-order valence-electron chi connectivity index (χ4n) is 1.57. The molecule has 19 heavy (non-hydrogen) atoms. The van der Waals surface area contributed by atoms with Crippen LogP contribution in [0.4, 0.5) is 0 Å². The van der Waals surface area contributed by atoms with Gasteiger partial charge in [0.2, 0.25) is 0 Å². The fourth-order valence-corrected chi connectivity index (χ4v) is 2.23. The molecule has 0 saturated heterocycles. The minimum absolute atomic E-state index is 0.359. The topological polar surface area (TPSA) is 83.0 Å². The van der Waals surface area contributed by atoms with Crippen molar-refractivity contribution in [3.05, 3.63) is 46.4 Å². The van der Waals surface area contributed by atoms with Crippen molar-refractivity contribution >= 4 is 17.7 Å². The molecular weight excluding hydrogens is 264 g/mol. The van der Waals surface area contributed by atoms with E-state index in [1.807, 2.05) is 24.3 Å². The summed E-state index contributed by atoms with van der Waals surface area (Å²) >= 11 is 1.72. The van der Waals surface area contributed by atoms with Gasteiger partial charge in [-0.25, -0.2) is 9.78 Å². The summed E-state index contributed by atoms with van der Waals surface area (Å²) in [7, 11) is 0. The number of hydrogen-bond acceptors (Lipinski definition) is 4. The first-order chi connectivity index (χ1) is 9.11. The van der Waals surface area contributed by atoms with Crippen LogP contribution in [-0.2, 0) is 0 Å². The van der Waals surface area contributed by atoms with Crippen LogP contribution in [-0.4, -0.2) is 26.8 Å². The highest BCUT2D eigenvalue weighted by Gasteiger charge is 2.10. The third kappa shape index (κ3) is 3.03. The van der Waals surface area contributed by atoms with Crippen molar-refractivity contribution < 1.29 is 9.90 Å². The SMILES string of the molecule is CCSc1ccc(-c2ncc(C(=O)O)c(=O)[nH]2)cc1. The molecule has 98 valence electrons. The smallest absolute Gasteiger partial charge is 0.342 e. The maximum absolute atomic E-state index is 11.5. The second-order valence-electron chi connectivity index (χ2n) is 3.74. The van der Waals surface area contributed by atoms with Gasteiger partial charge >= 0.3 is 5.97 Å². The van der Waals surface area contributed by atoms with Crippen molar-refractivity contribution in [1.82, 2.24) is 9.97 Å². The van der Waals surface area contributed by atoms with Gasteiger partial charge in [-0.3, -0.25) is 4.79 Å². The van der Waals surface area contributed by atoms with Crippen molar-refractivity contribution in [2.45, 2.75) is 11.8 Å². The normalized spacial score (nSPS) is 10.4. The molecule has 0 fully saturated rings. The van der Waals surface area contributed by atoms with E-state index < -0.39 is 11.5 Å². The van der Waals surface area contributed by atoms with E-state index in [4.69, 9.17) is 5.11 Å². The summed E-state index contributed by atoms with van der Waals surface area (Å²) in [4.78, 5) is 29.8. The Hall–Kier alpha value is -2.08. The molecule has 0 unspecified atom stereocenters. The van der Waals surface area contributed by atoms with Crippen LogP contribution in [0, 0.1) is 0 Å². The van der Waals surface area contributed by atoms with Gasteiger partial charge in [0, 0.05) is 16.7 Å². The summed E-state index contributed by atoms with van der Waals surface area (Å²) in [6.45, 7) is 2.07. The number of aromatic carboxylic acids is 1. The molecule has 5 nitrogen and oxygen atoms in total. The van der Waals surface area contributed by atoms with Gasteiger partial charge in [-0.15, -0.1) is 11.8 Å². The van der Waals surface area contributed by atoms with Gasteiger partial charge in [0.05, 0.1) is 0 Å². The Morgan fingerprint density at radius 3 is 2.58 bits per heavy atom. The first-order valence-electron chi connectivity index (χ1n) is 5.67. The number of carboxylic acid groups (broad SMARTS) is 1. The van der Waals surface area contributed by atoms with Crippen LogP contribution in [0.5, 0.6) is 0 Å². The van der Waals surface area contributed by atoms with Crippen molar-refractivity contribution in [1.29, 1.82) is 0 Å². The predicted octanol–water partition coefficient (Wildman–Crippen LogP) is 2.25. The lowest BCUT2D eigenvalue weighted by Crippen LogP contribution is -2.18. The van der Waals surface area contributed by atoms with Gasteiger partial charge in [0.1, 0.15) is 11.4 Å². The number of aromatic amines is 1. The summed E-state index contributed by atoms with van der Waals surface area (Å²) in [6, 6.07) is 7.57. The Kier molecular flexibility index (Phi) is 4.01. The Morgan fingerprint density at radius 2 is 2.05 bits per heavy atom. The Balaban J connectivity index is 2.34. The molecule has 0 aliphatic rings. The van der Waals surface area contributed by atoms with Gasteiger partial charge in [-0.1, -0.05) is 19.1 Å². The Labute approximate surface area is 113 Å². The largest absolute Gasteiger partial charge is 0.477 e. The average molecular weight is 276 g/mol. The number of aromatic nitrogens is 2. The molecule has 0 bridgehead atoms. The van der Waals surface area contributed by atoms with Crippen molar-refractivity contribution in [2.24, 2.45) is 0 Å². The van der Waals surface area contributed by atoms with Gasteiger partial charge in [0.15, 0.2) is 0 Å². The maximum atomic E-state index is 11.5. The summed E-state index contributed by atoms with van der Waals surface area (Å²) < 4.78 is 0. The molecule has 0 saturated carbocycles. The molecule has 0 aliphatic heterocycles. The molecule has 1 aromatic carbocycles. The second-order valence-corrected chi connectivity index (χ2v) is 5.07. The summed E-state index contributed by atoms with van der Waals surface area (Å²) in [6.07, 6.45) is 1.07. The highest BCUT2D eigenvalue weighted by molar-refractivity contribution is 7.99. The van der Waals surface area contributed by atoms with Crippen LogP contribution >= 0.6 is 11.8 Å². The van der Waals surface area contributed by atoms with Crippen molar-refractivity contribution in [3.8, 4) is 11.4 Å². The van der Waals surface area contributed by atoms with Gasteiger partial charge in [0.25, 0.3) is 5.56 Å². The lowest BCUT2D eigenvalue weighted by atomic mass is 10.2. The molecule has 0 radical (unpaired) electrons. The van der Waals surface area contributed by atoms with Gasteiger partial charge < -0.3 is 10.1 Å². The van der Waals surface area contributed by atoms with Crippen LogP contribution < -0.4 is 5.56 Å². The molecule has 0 spiro atoms. The number of rotatable bonds is 4. The molecule has 6 heteroatoms. The first-order valence-corrected chi connectivity index (χ1v) is 6.66. The lowest BCUT2D eigenvalue weighted by molar-refractivity contribution is 0.0694. The van der Waals surface area contributed by atoms with Crippen LogP contribution in [0.3, 0.4) is 0 Å². The third-order valence-electron chi connectivity index (χ3n) is 2.47. The molecular formula is C13H12N2O3S. The van der Waals surface area contributed by atoms with E-state index in [1.54, 1.807) is 11.8 Å².